The second-order valence-corrected chi connectivity index (χ2v) is 8.00. The van der Waals surface area contributed by atoms with E-state index in [-0.39, 0.29) is 24.2 Å². The average Bonchev–Trinajstić information content (AvgIpc) is 2.94. The maximum atomic E-state index is 12.7. The van der Waals surface area contributed by atoms with Gasteiger partial charge >= 0.3 is 6.09 Å². The van der Waals surface area contributed by atoms with Crippen molar-refractivity contribution in [3.05, 3.63) is 23.8 Å². The molecule has 2 rings (SSSR count). The number of phenolic OH excluding ortho intramolecular Hbond substituents is 1. The summed E-state index contributed by atoms with van der Waals surface area (Å²) < 4.78 is 10.3. The molecule has 0 bridgehead atoms. The third-order valence-corrected chi connectivity index (χ3v) is 4.57. The second kappa shape index (κ2) is 9.14. The molecule has 8 nitrogen and oxygen atoms in total. The van der Waals surface area contributed by atoms with Crippen molar-refractivity contribution in [3.63, 3.8) is 0 Å². The van der Waals surface area contributed by atoms with E-state index in [1.54, 1.807) is 37.8 Å². The predicted molar refractivity (Wildman–Crippen MR) is 103 cm³/mol. The summed E-state index contributed by atoms with van der Waals surface area (Å²) in [6.45, 7) is 5.85. The lowest BCUT2D eigenvalue weighted by Crippen LogP contribution is -2.42. The van der Waals surface area contributed by atoms with Gasteiger partial charge < -0.3 is 29.9 Å². The zero-order chi connectivity index (χ0) is 20.9. The molecule has 0 aromatic heterocycles. The normalized spacial score (nSPS) is 18.1. The number of aliphatic hydroxyl groups is 1. The number of aliphatic hydroxyl groups excluding tert-OH is 1. The van der Waals surface area contributed by atoms with Crippen molar-refractivity contribution in [2.24, 2.45) is 5.92 Å². The molecule has 2 amide bonds. The molecule has 3 N–H and O–H groups in total. The van der Waals surface area contributed by atoms with Crippen LogP contribution in [0.15, 0.2) is 18.2 Å². The Hall–Kier alpha value is -2.48. The van der Waals surface area contributed by atoms with Gasteiger partial charge in [-0.05, 0) is 45.7 Å². The average molecular weight is 394 g/mol. The molecule has 2 unspecified atom stereocenters. The van der Waals surface area contributed by atoms with E-state index in [1.807, 2.05) is 0 Å². The largest absolute Gasteiger partial charge is 0.507 e. The molecular formula is C20H30N2O6. The number of nitrogens with one attached hydrogen (secondary N) is 1. The second-order valence-electron chi connectivity index (χ2n) is 8.00. The number of benzene rings is 1. The summed E-state index contributed by atoms with van der Waals surface area (Å²) in [4.78, 5) is 26.3. The molecule has 0 saturated carbocycles. The first kappa shape index (κ1) is 21.8. The van der Waals surface area contributed by atoms with E-state index in [4.69, 9.17) is 9.47 Å². The van der Waals surface area contributed by atoms with Crippen LogP contribution >= 0.6 is 0 Å². The fourth-order valence-electron chi connectivity index (χ4n) is 3.19. The molecule has 1 fully saturated rings. The molecule has 0 spiro atoms. The molecule has 1 aromatic carbocycles. The Morgan fingerprint density at radius 1 is 1.39 bits per heavy atom. The van der Waals surface area contributed by atoms with Crippen LogP contribution in [0.5, 0.6) is 11.5 Å². The standard InChI is InChI=1S/C20H30N2O6/c1-20(2,3)28-19(26)21-15(12-23)9-13-7-8-22(18(13)25)11-14-5-6-16(27-4)10-17(14)24/h5-6,10,13,15,23-24H,7-9,11-12H2,1-4H3,(H,21,26). The zero-order valence-electron chi connectivity index (χ0n) is 16.9. The minimum absolute atomic E-state index is 0.0559. The number of amides is 2. The Labute approximate surface area is 165 Å². The summed E-state index contributed by atoms with van der Waals surface area (Å²) in [5.41, 5.74) is 0.00476. The van der Waals surface area contributed by atoms with Crippen LogP contribution in [0, 0.1) is 5.92 Å². The fraction of sp³-hybridized carbons (Fsp3) is 0.600. The summed E-state index contributed by atoms with van der Waals surface area (Å²) in [7, 11) is 1.52. The van der Waals surface area contributed by atoms with E-state index >= 15 is 0 Å². The van der Waals surface area contributed by atoms with E-state index in [9.17, 15) is 19.8 Å². The fourth-order valence-corrected chi connectivity index (χ4v) is 3.19. The highest BCUT2D eigenvalue weighted by atomic mass is 16.6. The van der Waals surface area contributed by atoms with Crippen molar-refractivity contribution >= 4 is 12.0 Å². The third-order valence-electron chi connectivity index (χ3n) is 4.57. The number of hydrogen-bond acceptors (Lipinski definition) is 6. The van der Waals surface area contributed by atoms with Crippen molar-refractivity contribution in [2.75, 3.05) is 20.3 Å². The third kappa shape index (κ3) is 6.02. The van der Waals surface area contributed by atoms with Gasteiger partial charge in [0, 0.05) is 30.6 Å². The minimum atomic E-state index is -0.634. The minimum Gasteiger partial charge on any atom is -0.507 e. The number of ether oxygens (including phenoxy) is 2. The van der Waals surface area contributed by atoms with Gasteiger partial charge in [0.15, 0.2) is 0 Å². The van der Waals surface area contributed by atoms with Crippen LogP contribution in [-0.2, 0) is 16.1 Å². The number of rotatable bonds is 7. The molecule has 0 radical (unpaired) electrons. The Bertz CT molecular complexity index is 700. The Morgan fingerprint density at radius 3 is 2.68 bits per heavy atom. The monoisotopic (exact) mass is 394 g/mol. The summed E-state index contributed by atoms with van der Waals surface area (Å²) in [5, 5.41) is 22.3. The molecule has 28 heavy (non-hydrogen) atoms. The van der Waals surface area contributed by atoms with Crippen LogP contribution in [0.1, 0.15) is 39.2 Å². The number of likely N-dealkylation sites (tertiary alicyclic amines) is 1. The lowest BCUT2D eigenvalue weighted by Gasteiger charge is -2.24. The number of nitrogens with zero attached hydrogens (tertiary/aromatic N) is 1. The molecule has 1 aliphatic heterocycles. The molecule has 1 saturated heterocycles. The zero-order valence-corrected chi connectivity index (χ0v) is 16.9. The van der Waals surface area contributed by atoms with Gasteiger partial charge in [-0.1, -0.05) is 0 Å². The summed E-state index contributed by atoms with van der Waals surface area (Å²) in [6, 6.07) is 4.42. The smallest absolute Gasteiger partial charge is 0.407 e. The van der Waals surface area contributed by atoms with Crippen molar-refractivity contribution in [2.45, 2.75) is 51.8 Å². The summed E-state index contributed by atoms with van der Waals surface area (Å²) >= 11 is 0. The highest BCUT2D eigenvalue weighted by molar-refractivity contribution is 5.81. The van der Waals surface area contributed by atoms with Gasteiger partial charge in [0.25, 0.3) is 0 Å². The van der Waals surface area contributed by atoms with Gasteiger partial charge in [-0.15, -0.1) is 0 Å². The number of methoxy groups -OCH3 is 1. The Balaban J connectivity index is 1.92. The van der Waals surface area contributed by atoms with Gasteiger partial charge in [-0.2, -0.15) is 0 Å². The molecular weight excluding hydrogens is 364 g/mol. The number of hydrogen-bond donors (Lipinski definition) is 3. The molecule has 156 valence electrons. The number of phenols is 1. The van der Waals surface area contributed by atoms with Gasteiger partial charge in [0.2, 0.25) is 5.91 Å². The molecule has 8 heteroatoms. The first-order valence-electron chi connectivity index (χ1n) is 9.38. The van der Waals surface area contributed by atoms with Crippen LogP contribution < -0.4 is 10.1 Å². The summed E-state index contributed by atoms with van der Waals surface area (Å²) in [6.07, 6.45) is 0.346. The molecule has 0 aliphatic carbocycles. The van der Waals surface area contributed by atoms with Crippen LogP contribution in [0.4, 0.5) is 4.79 Å². The van der Waals surface area contributed by atoms with E-state index in [0.29, 0.717) is 37.2 Å². The van der Waals surface area contributed by atoms with Crippen molar-refractivity contribution < 1.29 is 29.3 Å². The van der Waals surface area contributed by atoms with Crippen molar-refractivity contribution in [1.82, 2.24) is 10.2 Å². The molecule has 2 atom stereocenters. The molecule has 1 aliphatic rings. The Kier molecular flexibility index (Phi) is 7.12. The molecule has 1 aromatic rings. The summed E-state index contributed by atoms with van der Waals surface area (Å²) in [5.74, 6) is 0.272. The highest BCUT2D eigenvalue weighted by Crippen LogP contribution is 2.29. The quantitative estimate of drug-likeness (QED) is 0.653. The maximum Gasteiger partial charge on any atom is 0.407 e. The maximum absolute atomic E-state index is 12.7. The van der Waals surface area contributed by atoms with Gasteiger partial charge in [-0.3, -0.25) is 4.79 Å². The highest BCUT2D eigenvalue weighted by Gasteiger charge is 2.34. The van der Waals surface area contributed by atoms with E-state index in [2.05, 4.69) is 5.32 Å². The SMILES string of the molecule is COc1ccc(CN2CCC(CC(CO)NC(=O)OC(C)(C)C)C2=O)c(O)c1. The van der Waals surface area contributed by atoms with E-state index < -0.39 is 17.7 Å². The van der Waals surface area contributed by atoms with Crippen LogP contribution in [-0.4, -0.2) is 59.0 Å². The van der Waals surface area contributed by atoms with Gasteiger partial charge in [0.05, 0.1) is 19.8 Å². The van der Waals surface area contributed by atoms with Crippen molar-refractivity contribution in [1.29, 1.82) is 0 Å². The van der Waals surface area contributed by atoms with Crippen molar-refractivity contribution in [3.8, 4) is 11.5 Å². The van der Waals surface area contributed by atoms with E-state index in [0.717, 1.165) is 0 Å². The first-order valence-corrected chi connectivity index (χ1v) is 9.38. The number of alkyl carbamates (subject to hydrolysis) is 1. The molecule has 1 heterocycles. The first-order chi connectivity index (χ1) is 13.1. The van der Waals surface area contributed by atoms with Crippen LogP contribution in [0.3, 0.4) is 0 Å². The number of carbonyl (C=O) groups excluding carboxylic acids is 2. The van der Waals surface area contributed by atoms with Gasteiger partial charge in [0.1, 0.15) is 17.1 Å². The number of carbonyl (C=O) groups is 2. The Morgan fingerprint density at radius 2 is 2.11 bits per heavy atom. The van der Waals surface area contributed by atoms with E-state index in [1.165, 1.54) is 13.2 Å². The van der Waals surface area contributed by atoms with Crippen LogP contribution in [0.2, 0.25) is 0 Å². The van der Waals surface area contributed by atoms with Gasteiger partial charge in [-0.25, -0.2) is 4.79 Å². The predicted octanol–water partition coefficient (Wildman–Crippen LogP) is 2.02. The lowest BCUT2D eigenvalue weighted by atomic mass is 9.99. The lowest BCUT2D eigenvalue weighted by molar-refractivity contribution is -0.131. The topological polar surface area (TPSA) is 108 Å². The number of aromatic hydroxyl groups is 1. The van der Waals surface area contributed by atoms with Crippen LogP contribution in [0.25, 0.3) is 0 Å².